The van der Waals surface area contributed by atoms with Crippen molar-refractivity contribution in [2.75, 3.05) is 6.54 Å². The topological polar surface area (TPSA) is 60.1 Å². The van der Waals surface area contributed by atoms with Gasteiger partial charge in [0.05, 0.1) is 6.54 Å². The molecule has 14 heavy (non-hydrogen) atoms. The third-order valence-corrected chi connectivity index (χ3v) is 1.99. The second-order valence-corrected chi connectivity index (χ2v) is 3.26. The number of carbonyl (C=O) groups is 1. The number of nitrogens with zero attached hydrogens (tertiary/aromatic N) is 1. The zero-order valence-corrected chi connectivity index (χ0v) is 8.49. The molecule has 3 N–H and O–H groups in total. The van der Waals surface area contributed by atoms with E-state index in [2.05, 4.69) is 16.8 Å². The summed E-state index contributed by atoms with van der Waals surface area (Å²) in [4.78, 5) is 10.5. The summed E-state index contributed by atoms with van der Waals surface area (Å²) in [5.74, 6) is -0.321. The average molecular weight is 195 g/mol. The van der Waals surface area contributed by atoms with Crippen molar-refractivity contribution in [2.45, 2.75) is 26.4 Å². The van der Waals surface area contributed by atoms with Crippen LogP contribution in [0.1, 0.15) is 19.0 Å². The van der Waals surface area contributed by atoms with Gasteiger partial charge in [0.15, 0.2) is 0 Å². The van der Waals surface area contributed by atoms with Crippen molar-refractivity contribution in [3.63, 3.8) is 0 Å². The molecule has 1 aromatic rings. The van der Waals surface area contributed by atoms with E-state index in [1.807, 2.05) is 18.3 Å². The van der Waals surface area contributed by atoms with E-state index in [9.17, 15) is 4.79 Å². The Morgan fingerprint density at radius 3 is 3.07 bits per heavy atom. The van der Waals surface area contributed by atoms with Gasteiger partial charge in [-0.2, -0.15) is 0 Å². The van der Waals surface area contributed by atoms with Crippen molar-refractivity contribution < 1.29 is 4.79 Å². The van der Waals surface area contributed by atoms with Gasteiger partial charge in [0, 0.05) is 25.0 Å². The molecule has 1 amide bonds. The second kappa shape index (κ2) is 5.44. The van der Waals surface area contributed by atoms with Crippen molar-refractivity contribution in [1.82, 2.24) is 9.88 Å². The molecule has 0 saturated carbocycles. The summed E-state index contributed by atoms with van der Waals surface area (Å²) in [7, 11) is 0. The van der Waals surface area contributed by atoms with Gasteiger partial charge >= 0.3 is 0 Å². The molecule has 0 aliphatic heterocycles. The summed E-state index contributed by atoms with van der Waals surface area (Å²) in [6.07, 6.45) is 3.16. The smallest absolute Gasteiger partial charge is 0.231 e. The first-order valence-electron chi connectivity index (χ1n) is 4.87. The highest BCUT2D eigenvalue weighted by Crippen LogP contribution is 2.02. The number of hydrogen-bond donors (Lipinski definition) is 2. The molecule has 0 aliphatic carbocycles. The molecule has 0 aliphatic rings. The van der Waals surface area contributed by atoms with E-state index >= 15 is 0 Å². The van der Waals surface area contributed by atoms with Crippen LogP contribution in [0.25, 0.3) is 0 Å². The molecular weight excluding hydrogens is 178 g/mol. The van der Waals surface area contributed by atoms with Gasteiger partial charge in [-0.25, -0.2) is 0 Å². The Hall–Kier alpha value is -1.29. The molecule has 4 nitrogen and oxygen atoms in total. The van der Waals surface area contributed by atoms with Crippen LogP contribution in [0.2, 0.25) is 0 Å². The van der Waals surface area contributed by atoms with Crippen LogP contribution in [0.5, 0.6) is 0 Å². The summed E-state index contributed by atoms with van der Waals surface area (Å²) >= 11 is 0. The number of aryl methyl sites for hydroxylation is 1. The SMILES string of the molecule is CCCn1cccc1CNCC(N)=O. The van der Waals surface area contributed by atoms with Gasteiger partial charge < -0.3 is 15.6 Å². The molecule has 0 bridgehead atoms. The third-order valence-electron chi connectivity index (χ3n) is 1.99. The van der Waals surface area contributed by atoms with Crippen LogP contribution >= 0.6 is 0 Å². The molecule has 0 fully saturated rings. The monoisotopic (exact) mass is 195 g/mol. The summed E-state index contributed by atoms with van der Waals surface area (Å²) in [6.45, 7) is 4.08. The molecule has 78 valence electrons. The lowest BCUT2D eigenvalue weighted by Gasteiger charge is -2.07. The molecule has 0 unspecified atom stereocenters. The molecule has 1 aromatic heterocycles. The summed E-state index contributed by atoms with van der Waals surface area (Å²) < 4.78 is 2.17. The Morgan fingerprint density at radius 1 is 1.64 bits per heavy atom. The Morgan fingerprint density at radius 2 is 2.43 bits per heavy atom. The zero-order valence-electron chi connectivity index (χ0n) is 8.49. The molecule has 0 atom stereocenters. The fourth-order valence-electron chi connectivity index (χ4n) is 1.38. The van der Waals surface area contributed by atoms with Crippen LogP contribution in [0.15, 0.2) is 18.3 Å². The number of nitrogens with one attached hydrogen (secondary N) is 1. The van der Waals surface area contributed by atoms with E-state index in [4.69, 9.17) is 5.73 Å². The maximum atomic E-state index is 10.5. The maximum Gasteiger partial charge on any atom is 0.231 e. The van der Waals surface area contributed by atoms with Crippen molar-refractivity contribution >= 4 is 5.91 Å². The summed E-state index contributed by atoms with van der Waals surface area (Å²) in [5, 5.41) is 2.99. The number of nitrogens with two attached hydrogens (primary N) is 1. The van der Waals surface area contributed by atoms with Gasteiger partial charge in [-0.3, -0.25) is 4.79 Å². The average Bonchev–Trinajstić information content (AvgIpc) is 2.53. The number of carbonyl (C=O) groups excluding carboxylic acids is 1. The van der Waals surface area contributed by atoms with E-state index < -0.39 is 0 Å². The van der Waals surface area contributed by atoms with Gasteiger partial charge in [-0.05, 0) is 18.6 Å². The first-order chi connectivity index (χ1) is 6.74. The summed E-state index contributed by atoms with van der Waals surface area (Å²) in [6, 6.07) is 4.06. The van der Waals surface area contributed by atoms with Gasteiger partial charge in [0.1, 0.15) is 0 Å². The molecule has 0 aromatic carbocycles. The molecule has 1 heterocycles. The van der Waals surface area contributed by atoms with Gasteiger partial charge in [-0.15, -0.1) is 0 Å². The Balaban J connectivity index is 2.41. The van der Waals surface area contributed by atoms with Crippen LogP contribution in [-0.4, -0.2) is 17.0 Å². The highest BCUT2D eigenvalue weighted by Gasteiger charge is 1.99. The largest absolute Gasteiger partial charge is 0.369 e. The first kappa shape index (κ1) is 10.8. The van der Waals surface area contributed by atoms with Crippen molar-refractivity contribution in [3.05, 3.63) is 24.0 Å². The molecule has 0 saturated heterocycles. The van der Waals surface area contributed by atoms with E-state index in [-0.39, 0.29) is 12.5 Å². The Labute approximate surface area is 84.1 Å². The van der Waals surface area contributed by atoms with E-state index in [0.717, 1.165) is 13.0 Å². The second-order valence-electron chi connectivity index (χ2n) is 3.26. The van der Waals surface area contributed by atoms with Crippen molar-refractivity contribution in [2.24, 2.45) is 5.73 Å². The van der Waals surface area contributed by atoms with E-state index in [1.165, 1.54) is 5.69 Å². The minimum absolute atomic E-state index is 0.233. The maximum absolute atomic E-state index is 10.5. The predicted molar refractivity (Wildman–Crippen MR) is 55.6 cm³/mol. The quantitative estimate of drug-likeness (QED) is 0.693. The number of primary amides is 1. The lowest BCUT2D eigenvalue weighted by atomic mass is 10.4. The lowest BCUT2D eigenvalue weighted by Crippen LogP contribution is -2.28. The van der Waals surface area contributed by atoms with Crippen molar-refractivity contribution in [1.29, 1.82) is 0 Å². The minimum atomic E-state index is -0.321. The van der Waals surface area contributed by atoms with Crippen LogP contribution in [0.3, 0.4) is 0 Å². The fourth-order valence-corrected chi connectivity index (χ4v) is 1.38. The summed E-state index contributed by atoms with van der Waals surface area (Å²) in [5.41, 5.74) is 6.21. The molecular formula is C10H17N3O. The van der Waals surface area contributed by atoms with Crippen molar-refractivity contribution in [3.8, 4) is 0 Å². The molecule has 0 spiro atoms. The molecule has 1 rings (SSSR count). The number of amides is 1. The fraction of sp³-hybridized carbons (Fsp3) is 0.500. The van der Waals surface area contributed by atoms with Gasteiger partial charge in [0.2, 0.25) is 5.91 Å². The number of hydrogen-bond acceptors (Lipinski definition) is 2. The Bertz CT molecular complexity index is 293. The highest BCUT2D eigenvalue weighted by molar-refractivity contribution is 5.75. The van der Waals surface area contributed by atoms with Crippen LogP contribution < -0.4 is 11.1 Å². The lowest BCUT2D eigenvalue weighted by molar-refractivity contribution is -0.117. The highest BCUT2D eigenvalue weighted by atomic mass is 16.1. The van der Waals surface area contributed by atoms with Crippen LogP contribution in [-0.2, 0) is 17.9 Å². The zero-order chi connectivity index (χ0) is 10.4. The standard InChI is InChI=1S/C10H17N3O/c1-2-5-13-6-3-4-9(13)7-12-8-10(11)14/h3-4,6,12H,2,5,7-8H2,1H3,(H2,11,14). The van der Waals surface area contributed by atoms with Crippen LogP contribution in [0, 0.1) is 0 Å². The normalized spacial score (nSPS) is 10.4. The first-order valence-corrected chi connectivity index (χ1v) is 4.87. The van der Waals surface area contributed by atoms with Gasteiger partial charge in [0.25, 0.3) is 0 Å². The third kappa shape index (κ3) is 3.22. The molecule has 4 heteroatoms. The number of rotatable bonds is 6. The van der Waals surface area contributed by atoms with E-state index in [1.54, 1.807) is 0 Å². The predicted octanol–water partition coefficient (Wildman–Crippen LogP) is 0.473. The Kier molecular flexibility index (Phi) is 4.19. The number of aromatic nitrogens is 1. The molecule has 0 radical (unpaired) electrons. The van der Waals surface area contributed by atoms with E-state index in [0.29, 0.717) is 6.54 Å². The van der Waals surface area contributed by atoms with Crippen LogP contribution in [0.4, 0.5) is 0 Å². The van der Waals surface area contributed by atoms with Gasteiger partial charge in [-0.1, -0.05) is 6.92 Å². The minimum Gasteiger partial charge on any atom is -0.369 e.